The summed E-state index contributed by atoms with van der Waals surface area (Å²) in [7, 11) is 0. The molecule has 3 N–H and O–H groups in total. The molecule has 0 aliphatic heterocycles. The second-order valence-electron chi connectivity index (χ2n) is 7.00. The van der Waals surface area contributed by atoms with E-state index in [4.69, 9.17) is 10.5 Å². The summed E-state index contributed by atoms with van der Waals surface area (Å²) in [5.74, 6) is -0.448. The van der Waals surface area contributed by atoms with Crippen molar-refractivity contribution in [3.8, 4) is 0 Å². The molecule has 0 saturated heterocycles. The van der Waals surface area contributed by atoms with Gasteiger partial charge in [0, 0.05) is 0 Å². The maximum absolute atomic E-state index is 12.1. The summed E-state index contributed by atoms with van der Waals surface area (Å²) in [6.45, 7) is 13.1. The van der Waals surface area contributed by atoms with Gasteiger partial charge in [-0.1, -0.05) is 27.7 Å². The predicted molar refractivity (Wildman–Crippen MR) is 80.0 cm³/mol. The van der Waals surface area contributed by atoms with Crippen LogP contribution in [0.1, 0.15) is 54.9 Å². The van der Waals surface area contributed by atoms with Gasteiger partial charge in [0.05, 0.1) is 6.04 Å². The highest BCUT2D eigenvalue weighted by Gasteiger charge is 2.30. The van der Waals surface area contributed by atoms with E-state index in [1.54, 1.807) is 20.8 Å². The van der Waals surface area contributed by atoms with Gasteiger partial charge in [-0.2, -0.15) is 0 Å². The molecule has 0 aromatic heterocycles. The normalized spacial score (nSPS) is 15.1. The average Bonchev–Trinajstić information content (AvgIpc) is 2.21. The minimum atomic E-state index is -0.667. The maximum atomic E-state index is 12.1. The van der Waals surface area contributed by atoms with Crippen molar-refractivity contribution in [3.63, 3.8) is 0 Å². The average molecular weight is 286 g/mol. The van der Waals surface area contributed by atoms with Crippen LogP contribution in [-0.2, 0) is 14.3 Å². The lowest BCUT2D eigenvalue weighted by Crippen LogP contribution is -2.52. The molecular weight excluding hydrogens is 256 g/mol. The first kappa shape index (κ1) is 18.9. The van der Waals surface area contributed by atoms with E-state index in [0.717, 1.165) is 0 Å². The molecule has 0 radical (unpaired) electrons. The van der Waals surface area contributed by atoms with Crippen molar-refractivity contribution in [1.29, 1.82) is 0 Å². The highest BCUT2D eigenvalue weighted by molar-refractivity contribution is 5.87. The molecule has 1 amide bonds. The number of hydrogen-bond acceptors (Lipinski definition) is 4. The van der Waals surface area contributed by atoms with Crippen LogP contribution >= 0.6 is 0 Å². The maximum Gasteiger partial charge on any atom is 0.329 e. The number of ether oxygens (including phenoxy) is 1. The SMILES string of the molecule is CC(C)C[C@H](N)C(=O)N[C@@H](C(=O)OC(C)(C)C)C(C)C. The van der Waals surface area contributed by atoms with Gasteiger partial charge in [0.1, 0.15) is 11.6 Å². The summed E-state index contributed by atoms with van der Waals surface area (Å²) in [4.78, 5) is 24.1. The fourth-order valence-corrected chi connectivity index (χ4v) is 1.74. The fourth-order valence-electron chi connectivity index (χ4n) is 1.74. The molecule has 0 aromatic rings. The summed E-state index contributed by atoms with van der Waals surface area (Å²) >= 11 is 0. The van der Waals surface area contributed by atoms with E-state index in [1.807, 2.05) is 27.7 Å². The molecule has 0 spiro atoms. The van der Waals surface area contributed by atoms with Gasteiger partial charge in [0.15, 0.2) is 0 Å². The summed E-state index contributed by atoms with van der Waals surface area (Å²) < 4.78 is 5.33. The van der Waals surface area contributed by atoms with E-state index in [-0.39, 0.29) is 11.8 Å². The second kappa shape index (κ2) is 7.62. The van der Waals surface area contributed by atoms with E-state index in [1.165, 1.54) is 0 Å². The van der Waals surface area contributed by atoms with Gasteiger partial charge in [0.25, 0.3) is 0 Å². The van der Waals surface area contributed by atoms with E-state index in [2.05, 4.69) is 5.32 Å². The van der Waals surface area contributed by atoms with Gasteiger partial charge in [-0.05, 0) is 39.0 Å². The van der Waals surface area contributed by atoms with Crippen LogP contribution in [0.5, 0.6) is 0 Å². The molecule has 0 aliphatic carbocycles. The zero-order valence-corrected chi connectivity index (χ0v) is 13.8. The van der Waals surface area contributed by atoms with Crippen LogP contribution in [0.3, 0.4) is 0 Å². The van der Waals surface area contributed by atoms with E-state index < -0.39 is 23.7 Å². The number of nitrogens with one attached hydrogen (secondary N) is 1. The topological polar surface area (TPSA) is 81.4 Å². The number of carbonyl (C=O) groups is 2. The lowest BCUT2D eigenvalue weighted by Gasteiger charge is -2.27. The zero-order valence-electron chi connectivity index (χ0n) is 13.8. The monoisotopic (exact) mass is 286 g/mol. The molecule has 0 heterocycles. The standard InChI is InChI=1S/C15H30N2O3/c1-9(2)8-11(16)13(18)17-12(10(3)4)14(19)20-15(5,6)7/h9-12H,8,16H2,1-7H3,(H,17,18)/t11-,12+/m0/s1. The minimum Gasteiger partial charge on any atom is -0.458 e. The van der Waals surface area contributed by atoms with Crippen LogP contribution in [0.25, 0.3) is 0 Å². The van der Waals surface area contributed by atoms with E-state index in [9.17, 15) is 9.59 Å². The largest absolute Gasteiger partial charge is 0.458 e. The Kier molecular flexibility index (Phi) is 7.20. The van der Waals surface area contributed by atoms with Crippen molar-refractivity contribution < 1.29 is 14.3 Å². The molecule has 0 aliphatic rings. The summed E-state index contributed by atoms with van der Waals surface area (Å²) in [6.07, 6.45) is 0.588. The Morgan fingerprint density at radius 1 is 1.15 bits per heavy atom. The molecule has 2 atom stereocenters. The molecular formula is C15H30N2O3. The molecule has 5 nitrogen and oxygen atoms in total. The van der Waals surface area contributed by atoms with Crippen LogP contribution in [-0.4, -0.2) is 29.6 Å². The van der Waals surface area contributed by atoms with E-state index >= 15 is 0 Å². The smallest absolute Gasteiger partial charge is 0.329 e. The Morgan fingerprint density at radius 2 is 1.65 bits per heavy atom. The predicted octanol–water partition coefficient (Wildman–Crippen LogP) is 1.84. The fraction of sp³-hybridized carbons (Fsp3) is 0.867. The Labute approximate surface area is 122 Å². The van der Waals surface area contributed by atoms with Crippen LogP contribution < -0.4 is 11.1 Å². The summed E-state index contributed by atoms with van der Waals surface area (Å²) in [5, 5.41) is 2.71. The number of nitrogens with two attached hydrogens (primary N) is 1. The Bertz CT molecular complexity index is 333. The summed E-state index contributed by atoms with van der Waals surface area (Å²) in [6, 6.07) is -1.27. The number of rotatable bonds is 6. The van der Waals surface area contributed by atoms with Crippen LogP contribution in [0.15, 0.2) is 0 Å². The molecule has 5 heteroatoms. The minimum absolute atomic E-state index is 0.0555. The van der Waals surface area contributed by atoms with Crippen molar-refractivity contribution in [2.45, 2.75) is 72.6 Å². The Morgan fingerprint density at radius 3 is 2.00 bits per heavy atom. The molecule has 0 saturated carbocycles. The van der Waals surface area contributed by atoms with Crippen molar-refractivity contribution in [2.24, 2.45) is 17.6 Å². The third-order valence-electron chi connectivity index (χ3n) is 2.69. The zero-order chi connectivity index (χ0) is 16.1. The van der Waals surface area contributed by atoms with E-state index in [0.29, 0.717) is 12.3 Å². The first-order valence-electron chi connectivity index (χ1n) is 7.23. The molecule has 0 aromatic carbocycles. The van der Waals surface area contributed by atoms with Gasteiger partial charge in [0.2, 0.25) is 5.91 Å². The first-order chi connectivity index (χ1) is 8.94. The van der Waals surface area contributed by atoms with Gasteiger partial charge in [-0.25, -0.2) is 4.79 Å². The van der Waals surface area contributed by atoms with Gasteiger partial charge in [-0.3, -0.25) is 4.79 Å². The third kappa shape index (κ3) is 7.48. The van der Waals surface area contributed by atoms with Gasteiger partial charge in [-0.15, -0.1) is 0 Å². The molecule has 0 rings (SSSR count). The van der Waals surface area contributed by atoms with Crippen molar-refractivity contribution in [1.82, 2.24) is 5.32 Å². The lowest BCUT2D eigenvalue weighted by atomic mass is 10.0. The van der Waals surface area contributed by atoms with Gasteiger partial charge < -0.3 is 15.8 Å². The number of carbonyl (C=O) groups excluding carboxylic acids is 2. The lowest BCUT2D eigenvalue weighted by molar-refractivity contribution is -0.160. The molecule has 118 valence electrons. The van der Waals surface area contributed by atoms with Gasteiger partial charge >= 0.3 is 5.97 Å². The van der Waals surface area contributed by atoms with Crippen molar-refractivity contribution >= 4 is 11.9 Å². The highest BCUT2D eigenvalue weighted by Crippen LogP contribution is 2.13. The summed E-state index contributed by atoms with van der Waals surface area (Å²) in [5.41, 5.74) is 5.26. The second-order valence-corrected chi connectivity index (χ2v) is 7.00. The third-order valence-corrected chi connectivity index (χ3v) is 2.69. The first-order valence-corrected chi connectivity index (χ1v) is 7.23. The highest BCUT2D eigenvalue weighted by atomic mass is 16.6. The Hall–Kier alpha value is -1.10. The molecule has 0 unspecified atom stereocenters. The molecule has 20 heavy (non-hydrogen) atoms. The molecule has 0 bridgehead atoms. The molecule has 0 fully saturated rings. The van der Waals surface area contributed by atoms with Crippen LogP contribution in [0.2, 0.25) is 0 Å². The number of hydrogen-bond donors (Lipinski definition) is 2. The quantitative estimate of drug-likeness (QED) is 0.730. The Balaban J connectivity index is 4.71. The number of esters is 1. The number of amides is 1. The van der Waals surface area contributed by atoms with Crippen LogP contribution in [0, 0.1) is 11.8 Å². The van der Waals surface area contributed by atoms with Crippen molar-refractivity contribution in [2.75, 3.05) is 0 Å². The van der Waals surface area contributed by atoms with Crippen molar-refractivity contribution in [3.05, 3.63) is 0 Å². The van der Waals surface area contributed by atoms with Crippen LogP contribution in [0.4, 0.5) is 0 Å².